The van der Waals surface area contributed by atoms with Gasteiger partial charge in [0.1, 0.15) is 12.4 Å². The van der Waals surface area contributed by atoms with Gasteiger partial charge in [0.2, 0.25) is 0 Å². The average molecular weight is 384 g/mol. The fraction of sp³-hybridized carbons (Fsp3) is 0.250. The van der Waals surface area contributed by atoms with Gasteiger partial charge < -0.3 is 20.1 Å². The molecule has 2 N–H and O–H groups in total. The smallest absolute Gasteiger partial charge is 0.338 e. The van der Waals surface area contributed by atoms with Crippen LogP contribution >= 0.6 is 12.2 Å². The molecule has 6 nitrogen and oxygen atoms in total. The molecule has 1 atom stereocenters. The Balaban J connectivity index is 1.78. The third kappa shape index (κ3) is 4.43. The van der Waals surface area contributed by atoms with Crippen LogP contribution in [-0.2, 0) is 16.1 Å². The molecule has 1 aromatic carbocycles. The summed E-state index contributed by atoms with van der Waals surface area (Å²) in [7, 11) is 1.59. The molecule has 2 amide bonds. The van der Waals surface area contributed by atoms with E-state index >= 15 is 0 Å². The summed E-state index contributed by atoms with van der Waals surface area (Å²) >= 11 is 5.25. The van der Waals surface area contributed by atoms with E-state index in [1.807, 2.05) is 30.4 Å². The number of benzene rings is 1. The van der Waals surface area contributed by atoms with Crippen molar-refractivity contribution in [3.05, 3.63) is 64.9 Å². The molecule has 0 fully saturated rings. The predicted octanol–water partition coefficient (Wildman–Crippen LogP) is 2.95. The van der Waals surface area contributed by atoms with Crippen molar-refractivity contribution < 1.29 is 19.1 Å². The Morgan fingerprint density at radius 1 is 1.30 bits per heavy atom. The predicted molar refractivity (Wildman–Crippen MR) is 105 cm³/mol. The lowest BCUT2D eigenvalue weighted by Crippen LogP contribution is -2.50. The SMILES string of the molecule is COc1ccc(COC(=O)C2=C(C)NC(=O)NC2C2=CC(=S)CC=C2)cc1. The van der Waals surface area contributed by atoms with Crippen LogP contribution in [-0.4, -0.2) is 30.0 Å². The zero-order valence-electron chi connectivity index (χ0n) is 15.1. The minimum atomic E-state index is -0.600. The summed E-state index contributed by atoms with van der Waals surface area (Å²) in [6, 6.07) is 6.30. The summed E-state index contributed by atoms with van der Waals surface area (Å²) in [5.41, 5.74) is 2.43. The second-order valence-corrected chi connectivity index (χ2v) is 6.74. The molecule has 0 saturated carbocycles. The Kier molecular flexibility index (Phi) is 5.71. The van der Waals surface area contributed by atoms with Crippen molar-refractivity contribution in [1.82, 2.24) is 10.6 Å². The number of amides is 2. The maximum atomic E-state index is 12.8. The highest BCUT2D eigenvalue weighted by molar-refractivity contribution is 7.80. The maximum Gasteiger partial charge on any atom is 0.338 e. The number of hydrogen-bond donors (Lipinski definition) is 2. The van der Waals surface area contributed by atoms with Crippen LogP contribution < -0.4 is 15.4 Å². The number of esters is 1. The van der Waals surface area contributed by atoms with Crippen molar-refractivity contribution in [3.63, 3.8) is 0 Å². The Hall–Kier alpha value is -2.93. The van der Waals surface area contributed by atoms with Crippen LogP contribution in [0.3, 0.4) is 0 Å². The standard InChI is InChI=1S/C20H20N2O4S/c1-12-17(19(23)26-11-13-6-8-15(25-2)9-7-13)18(22-20(24)21-12)14-4-3-5-16(27)10-14/h3-4,6-10,18H,5,11H2,1-2H3,(H2,21,22,24). The molecule has 0 saturated heterocycles. The van der Waals surface area contributed by atoms with Gasteiger partial charge >= 0.3 is 12.0 Å². The van der Waals surface area contributed by atoms with E-state index in [0.717, 1.165) is 21.8 Å². The number of carbonyl (C=O) groups is 2. The van der Waals surface area contributed by atoms with E-state index in [-0.39, 0.29) is 12.6 Å². The minimum absolute atomic E-state index is 0.119. The van der Waals surface area contributed by atoms with Gasteiger partial charge in [-0.25, -0.2) is 9.59 Å². The van der Waals surface area contributed by atoms with Gasteiger partial charge in [0.25, 0.3) is 0 Å². The molecule has 1 unspecified atom stereocenters. The van der Waals surface area contributed by atoms with Crippen LogP contribution in [0.4, 0.5) is 4.79 Å². The first-order valence-electron chi connectivity index (χ1n) is 8.47. The van der Waals surface area contributed by atoms with Crippen LogP contribution in [0.5, 0.6) is 5.75 Å². The topological polar surface area (TPSA) is 76.7 Å². The zero-order chi connectivity index (χ0) is 19.4. The van der Waals surface area contributed by atoms with Crippen molar-refractivity contribution in [1.29, 1.82) is 0 Å². The minimum Gasteiger partial charge on any atom is -0.497 e. The van der Waals surface area contributed by atoms with Gasteiger partial charge in [-0.15, -0.1) is 0 Å². The highest BCUT2D eigenvalue weighted by Crippen LogP contribution is 2.24. The van der Waals surface area contributed by atoms with Crippen LogP contribution in [0.15, 0.2) is 59.3 Å². The van der Waals surface area contributed by atoms with Gasteiger partial charge in [0.05, 0.1) is 18.7 Å². The molecule has 3 rings (SSSR count). The number of carbonyl (C=O) groups excluding carboxylic acids is 2. The first kappa shape index (κ1) is 18.8. The van der Waals surface area contributed by atoms with E-state index in [9.17, 15) is 9.59 Å². The summed E-state index contributed by atoms with van der Waals surface area (Å²) in [5.74, 6) is 0.237. The molecule has 0 spiro atoms. The van der Waals surface area contributed by atoms with E-state index in [1.165, 1.54) is 0 Å². The van der Waals surface area contributed by atoms with Crippen LogP contribution in [0, 0.1) is 0 Å². The van der Waals surface area contributed by atoms with Crippen LogP contribution in [0.1, 0.15) is 18.9 Å². The number of thiocarbonyl (C=S) groups is 1. The lowest BCUT2D eigenvalue weighted by molar-refractivity contribution is -0.140. The molecule has 7 heteroatoms. The molecular formula is C20H20N2O4S. The molecule has 1 aliphatic carbocycles. The zero-order valence-corrected chi connectivity index (χ0v) is 15.9. The van der Waals surface area contributed by atoms with Crippen molar-refractivity contribution in [3.8, 4) is 5.75 Å². The molecule has 140 valence electrons. The third-order valence-corrected chi connectivity index (χ3v) is 4.59. The summed E-state index contributed by atoms with van der Waals surface area (Å²) in [4.78, 5) is 25.4. The van der Waals surface area contributed by atoms with Gasteiger partial charge in [-0.3, -0.25) is 0 Å². The first-order valence-corrected chi connectivity index (χ1v) is 8.88. The van der Waals surface area contributed by atoms with E-state index in [4.69, 9.17) is 21.7 Å². The second kappa shape index (κ2) is 8.18. The summed E-state index contributed by atoms with van der Waals surface area (Å²) < 4.78 is 10.6. The van der Waals surface area contributed by atoms with Gasteiger partial charge in [-0.1, -0.05) is 36.5 Å². The lowest BCUT2D eigenvalue weighted by atomic mass is 9.92. The number of ether oxygens (including phenoxy) is 2. The number of nitrogens with one attached hydrogen (secondary N) is 2. The molecule has 0 bridgehead atoms. The number of rotatable bonds is 5. The molecular weight excluding hydrogens is 364 g/mol. The van der Waals surface area contributed by atoms with Gasteiger partial charge in [0, 0.05) is 17.0 Å². The lowest BCUT2D eigenvalue weighted by Gasteiger charge is -2.29. The Bertz CT molecular complexity index is 868. The first-order chi connectivity index (χ1) is 13.0. The normalized spacial score (nSPS) is 19.2. The van der Waals surface area contributed by atoms with Crippen molar-refractivity contribution in [2.24, 2.45) is 0 Å². The van der Waals surface area contributed by atoms with Gasteiger partial charge in [0.15, 0.2) is 0 Å². The number of urea groups is 1. The number of hydrogen-bond acceptors (Lipinski definition) is 5. The summed E-state index contributed by atoms with van der Waals surface area (Å²) in [6.07, 6.45) is 6.28. The van der Waals surface area contributed by atoms with Gasteiger partial charge in [-0.05, 0) is 36.3 Å². The fourth-order valence-electron chi connectivity index (χ4n) is 2.95. The Morgan fingerprint density at radius 2 is 2.04 bits per heavy atom. The molecule has 2 aliphatic rings. The quantitative estimate of drug-likeness (QED) is 0.603. The van der Waals surface area contributed by atoms with Crippen LogP contribution in [0.25, 0.3) is 0 Å². The number of methoxy groups -OCH3 is 1. The second-order valence-electron chi connectivity index (χ2n) is 6.21. The number of allylic oxidation sites excluding steroid dienone is 3. The molecule has 27 heavy (non-hydrogen) atoms. The molecule has 0 radical (unpaired) electrons. The highest BCUT2D eigenvalue weighted by Gasteiger charge is 2.33. The third-order valence-electron chi connectivity index (χ3n) is 4.31. The van der Waals surface area contributed by atoms with Crippen molar-refractivity contribution in [2.45, 2.75) is 26.0 Å². The van der Waals surface area contributed by atoms with E-state index in [1.54, 1.807) is 26.2 Å². The Labute approximate surface area is 162 Å². The van der Waals surface area contributed by atoms with E-state index < -0.39 is 12.0 Å². The largest absolute Gasteiger partial charge is 0.497 e. The highest BCUT2D eigenvalue weighted by atomic mass is 32.1. The van der Waals surface area contributed by atoms with Gasteiger partial charge in [-0.2, -0.15) is 0 Å². The van der Waals surface area contributed by atoms with E-state index in [0.29, 0.717) is 17.7 Å². The van der Waals surface area contributed by atoms with Crippen molar-refractivity contribution >= 4 is 29.1 Å². The van der Waals surface area contributed by atoms with E-state index in [2.05, 4.69) is 10.6 Å². The fourth-order valence-corrected chi connectivity index (χ4v) is 3.18. The summed E-state index contributed by atoms with van der Waals surface area (Å²) in [5, 5.41) is 5.41. The molecule has 1 heterocycles. The maximum absolute atomic E-state index is 12.8. The molecule has 1 aliphatic heterocycles. The molecule has 0 aromatic heterocycles. The monoisotopic (exact) mass is 384 g/mol. The average Bonchev–Trinajstić information content (AvgIpc) is 2.66. The summed E-state index contributed by atoms with van der Waals surface area (Å²) in [6.45, 7) is 1.80. The van der Waals surface area contributed by atoms with Crippen LogP contribution in [0.2, 0.25) is 0 Å². The van der Waals surface area contributed by atoms with Crippen molar-refractivity contribution in [2.75, 3.05) is 7.11 Å². The Morgan fingerprint density at radius 3 is 2.70 bits per heavy atom. The molecule has 1 aromatic rings.